The van der Waals surface area contributed by atoms with Crippen LogP contribution in [0.2, 0.25) is 0 Å². The van der Waals surface area contributed by atoms with E-state index in [0.717, 1.165) is 42.6 Å². The number of fused-ring (bicyclic) bond motifs is 1. The van der Waals surface area contributed by atoms with Gasteiger partial charge in [0.05, 0.1) is 19.0 Å². The topological polar surface area (TPSA) is 94.0 Å². The Balaban J connectivity index is 1.49. The Bertz CT molecular complexity index is 1360. The van der Waals surface area contributed by atoms with Crippen molar-refractivity contribution in [2.24, 2.45) is 0 Å². The molecule has 1 amide bonds. The number of aromatic nitrogens is 4. The molecule has 9 heteroatoms. The first kappa shape index (κ1) is 23.7. The summed E-state index contributed by atoms with van der Waals surface area (Å²) in [5.41, 5.74) is 2.79. The molecule has 36 heavy (non-hydrogen) atoms. The third kappa shape index (κ3) is 5.15. The van der Waals surface area contributed by atoms with Crippen molar-refractivity contribution in [3.8, 4) is 5.75 Å². The average molecular weight is 489 g/mol. The summed E-state index contributed by atoms with van der Waals surface area (Å²) in [5.74, 6) is 1.65. The second-order valence-electron chi connectivity index (χ2n) is 9.14. The van der Waals surface area contributed by atoms with Gasteiger partial charge in [0.15, 0.2) is 5.65 Å². The van der Waals surface area contributed by atoms with Crippen molar-refractivity contribution in [3.05, 3.63) is 71.9 Å². The van der Waals surface area contributed by atoms with Crippen LogP contribution in [0, 0.1) is 5.82 Å². The predicted octanol–water partition coefficient (Wildman–Crippen LogP) is 4.93. The third-order valence-electron chi connectivity index (χ3n) is 6.59. The van der Waals surface area contributed by atoms with E-state index in [9.17, 15) is 9.18 Å². The number of para-hydroxylation sites is 1. The first-order valence-electron chi connectivity index (χ1n) is 12.2. The van der Waals surface area contributed by atoms with Crippen molar-refractivity contribution in [1.82, 2.24) is 24.8 Å². The molecule has 0 spiro atoms. The summed E-state index contributed by atoms with van der Waals surface area (Å²) in [6, 6.07) is 14.7. The Morgan fingerprint density at radius 3 is 2.53 bits per heavy atom. The number of amides is 1. The molecular weight excluding hydrogens is 459 g/mol. The summed E-state index contributed by atoms with van der Waals surface area (Å²) in [6.45, 7) is 1.55. The number of anilines is 2. The lowest BCUT2D eigenvalue weighted by Crippen LogP contribution is -2.36. The van der Waals surface area contributed by atoms with Crippen LogP contribution in [-0.2, 0) is 11.2 Å². The van der Waals surface area contributed by atoms with E-state index in [1.165, 1.54) is 6.07 Å². The smallest absolute Gasteiger partial charge is 0.217 e. The highest BCUT2D eigenvalue weighted by Gasteiger charge is 2.27. The van der Waals surface area contributed by atoms with Crippen LogP contribution in [0.25, 0.3) is 11.2 Å². The fourth-order valence-electron chi connectivity index (χ4n) is 4.82. The molecule has 1 aliphatic carbocycles. The number of imidazole rings is 1. The summed E-state index contributed by atoms with van der Waals surface area (Å²) in [4.78, 5) is 25.7. The van der Waals surface area contributed by atoms with E-state index in [4.69, 9.17) is 14.7 Å². The van der Waals surface area contributed by atoms with Gasteiger partial charge in [0.1, 0.15) is 22.9 Å². The van der Waals surface area contributed by atoms with E-state index in [1.807, 2.05) is 24.3 Å². The third-order valence-corrected chi connectivity index (χ3v) is 6.59. The Hall–Kier alpha value is -4.01. The van der Waals surface area contributed by atoms with Gasteiger partial charge in [-0.15, -0.1) is 0 Å². The van der Waals surface area contributed by atoms with Gasteiger partial charge >= 0.3 is 0 Å². The molecule has 1 aliphatic rings. The Morgan fingerprint density at radius 1 is 1.08 bits per heavy atom. The van der Waals surface area contributed by atoms with Gasteiger partial charge in [0.2, 0.25) is 11.9 Å². The SMILES string of the molecule is COc1ccc(Cc2ncc3nc(Nc4ccccc4F)n(C4CCC(NC(C)=O)CC4)c3n2)cc1. The normalized spacial score (nSPS) is 17.6. The first-order valence-corrected chi connectivity index (χ1v) is 12.2. The lowest BCUT2D eigenvalue weighted by Gasteiger charge is -2.30. The highest BCUT2D eigenvalue weighted by molar-refractivity contribution is 5.76. The van der Waals surface area contributed by atoms with Crippen LogP contribution in [-0.4, -0.2) is 38.6 Å². The minimum absolute atomic E-state index is 0.00986. The number of rotatable bonds is 7. The molecule has 186 valence electrons. The highest BCUT2D eigenvalue weighted by Crippen LogP contribution is 2.35. The number of carbonyl (C=O) groups excluding carboxylic acids is 1. The number of methoxy groups -OCH3 is 1. The van der Waals surface area contributed by atoms with Gasteiger partial charge in [-0.2, -0.15) is 0 Å². The molecule has 2 aromatic heterocycles. The molecule has 0 bridgehead atoms. The molecule has 5 rings (SSSR count). The highest BCUT2D eigenvalue weighted by atomic mass is 19.1. The van der Waals surface area contributed by atoms with Crippen LogP contribution in [0.3, 0.4) is 0 Å². The van der Waals surface area contributed by atoms with Crippen molar-refractivity contribution in [2.45, 2.75) is 51.1 Å². The van der Waals surface area contributed by atoms with Gasteiger partial charge in [-0.3, -0.25) is 9.36 Å². The zero-order valence-corrected chi connectivity index (χ0v) is 20.4. The molecule has 2 N–H and O–H groups in total. The predicted molar refractivity (Wildman–Crippen MR) is 136 cm³/mol. The molecule has 0 saturated heterocycles. The van der Waals surface area contributed by atoms with E-state index in [1.54, 1.807) is 38.4 Å². The fraction of sp³-hybridized carbons (Fsp3) is 0.333. The number of nitrogens with zero attached hydrogens (tertiary/aromatic N) is 4. The van der Waals surface area contributed by atoms with Crippen LogP contribution in [0.5, 0.6) is 5.75 Å². The van der Waals surface area contributed by atoms with Gasteiger partial charge in [-0.05, 0) is 55.5 Å². The standard InChI is InChI=1S/C27H29FN6O2/c1-17(35)30-19-9-11-20(12-10-19)34-26-24(32-27(34)31-23-6-4-3-5-22(23)28)16-29-25(33-26)15-18-7-13-21(36-2)14-8-18/h3-8,13-14,16,19-20H,9-12,15H2,1-2H3,(H,30,35)(H,31,32). The molecule has 0 aliphatic heterocycles. The Morgan fingerprint density at radius 2 is 1.83 bits per heavy atom. The van der Waals surface area contributed by atoms with Crippen molar-refractivity contribution in [2.75, 3.05) is 12.4 Å². The van der Waals surface area contributed by atoms with Gasteiger partial charge in [0, 0.05) is 25.4 Å². The summed E-state index contributed by atoms with van der Waals surface area (Å²) in [7, 11) is 1.64. The summed E-state index contributed by atoms with van der Waals surface area (Å²) >= 11 is 0. The number of hydrogen-bond acceptors (Lipinski definition) is 6. The quantitative estimate of drug-likeness (QED) is 0.383. The molecule has 4 aromatic rings. The zero-order chi connectivity index (χ0) is 25.1. The average Bonchev–Trinajstić information content (AvgIpc) is 3.23. The molecule has 0 radical (unpaired) electrons. The number of halogens is 1. The molecule has 1 saturated carbocycles. The molecule has 0 unspecified atom stereocenters. The van der Waals surface area contributed by atoms with Crippen LogP contribution in [0.1, 0.15) is 50.0 Å². The van der Waals surface area contributed by atoms with Crippen molar-refractivity contribution in [3.63, 3.8) is 0 Å². The minimum Gasteiger partial charge on any atom is -0.497 e. The Kier molecular flexibility index (Phi) is 6.79. The lowest BCUT2D eigenvalue weighted by molar-refractivity contribution is -0.119. The van der Waals surface area contributed by atoms with Crippen LogP contribution >= 0.6 is 0 Å². The minimum atomic E-state index is -0.350. The number of nitrogens with one attached hydrogen (secondary N) is 2. The molecule has 8 nitrogen and oxygen atoms in total. The van der Waals surface area contributed by atoms with Crippen LogP contribution in [0.15, 0.2) is 54.7 Å². The summed E-state index contributed by atoms with van der Waals surface area (Å²) in [6.07, 6.45) is 5.70. The van der Waals surface area contributed by atoms with E-state index in [0.29, 0.717) is 29.4 Å². The lowest BCUT2D eigenvalue weighted by atomic mass is 9.91. The number of carbonyl (C=O) groups is 1. The Labute approximate surface area is 208 Å². The maximum atomic E-state index is 14.5. The van der Waals surface area contributed by atoms with Crippen molar-refractivity contribution < 1.29 is 13.9 Å². The maximum absolute atomic E-state index is 14.5. The maximum Gasteiger partial charge on any atom is 0.217 e. The van der Waals surface area contributed by atoms with Crippen molar-refractivity contribution >= 4 is 28.7 Å². The first-order chi connectivity index (χ1) is 17.5. The number of benzene rings is 2. The summed E-state index contributed by atoms with van der Waals surface area (Å²) in [5, 5.41) is 6.21. The van der Waals surface area contributed by atoms with Gasteiger partial charge in [-0.25, -0.2) is 19.3 Å². The fourth-order valence-corrected chi connectivity index (χ4v) is 4.82. The second-order valence-corrected chi connectivity index (χ2v) is 9.14. The van der Waals surface area contributed by atoms with E-state index in [-0.39, 0.29) is 23.8 Å². The van der Waals surface area contributed by atoms with Crippen LogP contribution < -0.4 is 15.4 Å². The van der Waals surface area contributed by atoms with Gasteiger partial charge < -0.3 is 15.4 Å². The van der Waals surface area contributed by atoms with E-state index in [2.05, 4.69) is 20.2 Å². The molecular formula is C27H29FN6O2. The molecule has 2 heterocycles. The van der Waals surface area contributed by atoms with Gasteiger partial charge in [-0.1, -0.05) is 24.3 Å². The second kappa shape index (κ2) is 10.3. The number of ether oxygens (including phenoxy) is 1. The van der Waals surface area contributed by atoms with Gasteiger partial charge in [0.25, 0.3) is 0 Å². The number of hydrogen-bond donors (Lipinski definition) is 2. The monoisotopic (exact) mass is 488 g/mol. The zero-order valence-electron chi connectivity index (χ0n) is 20.4. The molecule has 2 aromatic carbocycles. The van der Waals surface area contributed by atoms with Crippen molar-refractivity contribution in [1.29, 1.82) is 0 Å². The van der Waals surface area contributed by atoms with E-state index >= 15 is 0 Å². The van der Waals surface area contributed by atoms with Crippen LogP contribution in [0.4, 0.5) is 16.0 Å². The largest absolute Gasteiger partial charge is 0.497 e. The molecule has 0 atom stereocenters. The summed E-state index contributed by atoms with van der Waals surface area (Å²) < 4.78 is 21.8. The van der Waals surface area contributed by atoms with E-state index < -0.39 is 0 Å². The molecule has 1 fully saturated rings.